The minimum atomic E-state index is -0.207. The Morgan fingerprint density at radius 1 is 0.444 bits per heavy atom. The first-order valence-electron chi connectivity index (χ1n) is 12.8. The van der Waals surface area contributed by atoms with Crippen LogP contribution in [0.2, 0.25) is 0 Å². The third-order valence-corrected chi connectivity index (χ3v) is 9.53. The average Bonchev–Trinajstić information content (AvgIpc) is 3.73. The van der Waals surface area contributed by atoms with Crippen LogP contribution in [0.15, 0.2) is 72.8 Å². The predicted molar refractivity (Wildman–Crippen MR) is 132 cm³/mol. The molecule has 0 N–H and O–H groups in total. The molecule has 4 bridgehead atoms. The number of hydrogen-bond donors (Lipinski definition) is 0. The first-order valence-corrected chi connectivity index (χ1v) is 12.8. The van der Waals surface area contributed by atoms with Gasteiger partial charge in [-0.1, -0.05) is 48.6 Å². The second kappa shape index (κ2) is 6.90. The minimum absolute atomic E-state index is 0.0766. The largest absolute Gasteiger partial charge is 0.274 e. The normalized spacial score (nSPS) is 37.1. The zero-order chi connectivity index (χ0) is 24.3. The summed E-state index contributed by atoms with van der Waals surface area (Å²) in [4.78, 5) is 55.1. The van der Waals surface area contributed by atoms with Gasteiger partial charge in [-0.25, -0.2) is 0 Å². The fourth-order valence-corrected chi connectivity index (χ4v) is 7.92. The molecule has 0 unspecified atom stereocenters. The average molecular weight is 477 g/mol. The monoisotopic (exact) mass is 476 g/mol. The molecule has 2 saturated heterocycles. The summed E-state index contributed by atoms with van der Waals surface area (Å²) in [6, 6.07) is 14.9. The fraction of sp³-hybridized carbons (Fsp3) is 0.333. The van der Waals surface area contributed by atoms with E-state index in [9.17, 15) is 19.2 Å². The van der Waals surface area contributed by atoms with Gasteiger partial charge < -0.3 is 0 Å². The second-order valence-corrected chi connectivity index (χ2v) is 11.1. The summed E-state index contributed by atoms with van der Waals surface area (Å²) in [6.45, 7) is 0. The van der Waals surface area contributed by atoms with E-state index in [1.807, 2.05) is 48.5 Å². The van der Waals surface area contributed by atoms with Crippen LogP contribution in [0.4, 0.5) is 11.4 Å². The van der Waals surface area contributed by atoms with Gasteiger partial charge in [0.15, 0.2) is 0 Å². The number of amides is 4. The van der Waals surface area contributed by atoms with Gasteiger partial charge in [-0.3, -0.25) is 29.0 Å². The van der Waals surface area contributed by atoms with Gasteiger partial charge >= 0.3 is 0 Å². The molecule has 2 aromatic carbocycles. The highest BCUT2D eigenvalue weighted by Crippen LogP contribution is 2.54. The van der Waals surface area contributed by atoms with Crippen molar-refractivity contribution in [3.05, 3.63) is 72.8 Å². The van der Waals surface area contributed by atoms with E-state index in [-0.39, 0.29) is 71.0 Å². The zero-order valence-corrected chi connectivity index (χ0v) is 19.5. The molecule has 2 heterocycles. The second-order valence-electron chi connectivity index (χ2n) is 11.1. The van der Waals surface area contributed by atoms with Crippen LogP contribution >= 0.6 is 0 Å². The van der Waals surface area contributed by atoms with Gasteiger partial charge in [0.2, 0.25) is 23.6 Å². The maximum Gasteiger partial charge on any atom is 0.238 e. The van der Waals surface area contributed by atoms with Crippen LogP contribution in [0.3, 0.4) is 0 Å². The third-order valence-electron chi connectivity index (χ3n) is 9.53. The Kier molecular flexibility index (Phi) is 3.91. The molecule has 8 atom stereocenters. The van der Waals surface area contributed by atoms with Crippen LogP contribution in [-0.4, -0.2) is 23.6 Å². The SMILES string of the molecule is O=C1[C@@H]2[C@@H](C(=O)N1c1ccc(-c3ccc(N4C(=O)[C@@H]5[C@H](C4=O)[C@H]4C=C[C@H]5C4)cc3)cc1)[C@H]1C=C[C@@H]2C1. The molecule has 0 aromatic heterocycles. The van der Waals surface area contributed by atoms with Crippen molar-refractivity contribution in [2.75, 3.05) is 9.80 Å². The Bertz CT molecular complexity index is 1250. The number of fused-ring (bicyclic) bond motifs is 10. The van der Waals surface area contributed by atoms with Crippen LogP contribution < -0.4 is 9.80 Å². The van der Waals surface area contributed by atoms with Crippen molar-refractivity contribution in [2.45, 2.75) is 12.8 Å². The lowest BCUT2D eigenvalue weighted by atomic mass is 9.85. The Morgan fingerprint density at radius 2 is 0.722 bits per heavy atom. The van der Waals surface area contributed by atoms with Crippen LogP contribution in [-0.2, 0) is 19.2 Å². The molecule has 6 nitrogen and oxygen atoms in total. The van der Waals surface area contributed by atoms with E-state index in [0.29, 0.717) is 11.4 Å². The van der Waals surface area contributed by atoms with Crippen molar-refractivity contribution in [3.8, 4) is 11.1 Å². The number of rotatable bonds is 3. The van der Waals surface area contributed by atoms with E-state index >= 15 is 0 Å². The molecule has 0 spiro atoms. The lowest BCUT2D eigenvalue weighted by molar-refractivity contribution is -0.124. The van der Waals surface area contributed by atoms with Gasteiger partial charge in [-0.2, -0.15) is 0 Å². The first-order chi connectivity index (χ1) is 17.5. The van der Waals surface area contributed by atoms with Crippen LogP contribution in [0.1, 0.15) is 12.8 Å². The topological polar surface area (TPSA) is 74.8 Å². The van der Waals surface area contributed by atoms with Gasteiger partial charge in [-0.15, -0.1) is 0 Å². The number of imide groups is 2. The number of carbonyl (C=O) groups is 4. The number of allylic oxidation sites excluding steroid dienone is 4. The van der Waals surface area contributed by atoms with Crippen molar-refractivity contribution in [3.63, 3.8) is 0 Å². The maximum atomic E-state index is 13.1. The Hall–Kier alpha value is -3.80. The first kappa shape index (κ1) is 20.4. The molecule has 2 aromatic rings. The Morgan fingerprint density at radius 3 is 1.00 bits per heavy atom. The zero-order valence-electron chi connectivity index (χ0n) is 19.5. The minimum Gasteiger partial charge on any atom is -0.274 e. The highest BCUT2D eigenvalue weighted by Gasteiger charge is 2.60. The molecule has 0 radical (unpaired) electrons. The van der Waals surface area contributed by atoms with Crippen LogP contribution in [0.25, 0.3) is 11.1 Å². The van der Waals surface area contributed by atoms with Crippen molar-refractivity contribution >= 4 is 35.0 Å². The summed E-state index contributed by atoms with van der Waals surface area (Å²) in [5.41, 5.74) is 3.10. The summed E-state index contributed by atoms with van der Waals surface area (Å²) >= 11 is 0. The van der Waals surface area contributed by atoms with Crippen LogP contribution in [0, 0.1) is 47.3 Å². The Labute approximate surface area is 208 Å². The molecule has 6 heteroatoms. The van der Waals surface area contributed by atoms with E-state index in [1.165, 1.54) is 9.80 Å². The number of hydrogen-bond acceptors (Lipinski definition) is 4. The molecule has 36 heavy (non-hydrogen) atoms. The van der Waals surface area contributed by atoms with E-state index in [1.54, 1.807) is 0 Å². The van der Waals surface area contributed by atoms with E-state index in [4.69, 9.17) is 0 Å². The number of carbonyl (C=O) groups excluding carboxylic acids is 4. The van der Waals surface area contributed by atoms with Gasteiger partial charge in [0.05, 0.1) is 35.0 Å². The summed E-state index contributed by atoms with van der Waals surface area (Å²) in [5.74, 6) is -0.359. The molecule has 4 amide bonds. The molecule has 4 aliphatic carbocycles. The summed E-state index contributed by atoms with van der Waals surface area (Å²) < 4.78 is 0. The third kappa shape index (κ3) is 2.47. The van der Waals surface area contributed by atoms with E-state index in [0.717, 1.165) is 24.0 Å². The highest BCUT2D eigenvalue weighted by molar-refractivity contribution is 6.23. The summed E-state index contributed by atoms with van der Waals surface area (Å²) in [6.07, 6.45) is 10.2. The standard InChI is InChI=1S/C30H24N2O4/c33-27-23-17-1-2-18(13-17)24(23)28(34)31(27)21-9-5-15(6-10-21)16-7-11-22(12-8-16)32-29(35)25-19-3-4-20(14-19)26(25)30(32)36/h1-12,17-20,23-26H,13-14H2/t17-,18-,19-,20+,23-,24+,25-,26-/m0/s1. The van der Waals surface area contributed by atoms with Gasteiger partial charge in [0, 0.05) is 0 Å². The molecule has 2 saturated carbocycles. The predicted octanol–water partition coefficient (Wildman–Crippen LogP) is 3.98. The quantitative estimate of drug-likeness (QED) is 0.496. The van der Waals surface area contributed by atoms with Crippen molar-refractivity contribution in [1.29, 1.82) is 0 Å². The lowest BCUT2D eigenvalue weighted by Gasteiger charge is -2.18. The van der Waals surface area contributed by atoms with E-state index < -0.39 is 0 Å². The number of nitrogens with zero attached hydrogens (tertiary/aromatic N) is 2. The summed E-state index contributed by atoms with van der Waals surface area (Å²) in [7, 11) is 0. The smallest absolute Gasteiger partial charge is 0.238 e. The maximum absolute atomic E-state index is 13.1. The van der Waals surface area contributed by atoms with Crippen molar-refractivity contribution < 1.29 is 19.2 Å². The van der Waals surface area contributed by atoms with Gasteiger partial charge in [0.25, 0.3) is 0 Å². The van der Waals surface area contributed by atoms with Gasteiger partial charge in [-0.05, 0) is 71.9 Å². The van der Waals surface area contributed by atoms with Crippen LogP contribution in [0.5, 0.6) is 0 Å². The fourth-order valence-electron chi connectivity index (χ4n) is 7.92. The van der Waals surface area contributed by atoms with Gasteiger partial charge in [0.1, 0.15) is 0 Å². The molecule has 8 rings (SSSR count). The summed E-state index contributed by atoms with van der Waals surface area (Å²) in [5, 5.41) is 0. The molecule has 178 valence electrons. The molecular formula is C30H24N2O4. The highest BCUT2D eigenvalue weighted by atomic mass is 16.2. The Balaban J connectivity index is 1.03. The number of anilines is 2. The van der Waals surface area contributed by atoms with Crippen molar-refractivity contribution in [2.24, 2.45) is 47.3 Å². The number of benzene rings is 2. The van der Waals surface area contributed by atoms with E-state index in [2.05, 4.69) is 24.3 Å². The molecule has 4 fully saturated rings. The lowest BCUT2D eigenvalue weighted by Crippen LogP contribution is -2.32. The molecular weight excluding hydrogens is 452 g/mol. The molecule has 2 aliphatic heterocycles. The molecule has 6 aliphatic rings. The van der Waals surface area contributed by atoms with Crippen molar-refractivity contribution in [1.82, 2.24) is 0 Å².